The van der Waals surface area contributed by atoms with E-state index in [9.17, 15) is 0 Å². The minimum absolute atomic E-state index is 0.877. The SMILES string of the molecule is COc1ccsc1/C=C/Cl. The molecule has 1 heterocycles. The highest BCUT2D eigenvalue weighted by Crippen LogP contribution is 2.25. The van der Waals surface area contributed by atoms with E-state index in [1.807, 2.05) is 17.5 Å². The fourth-order valence-electron chi connectivity index (χ4n) is 0.657. The Hall–Kier alpha value is -0.470. The molecule has 0 aliphatic rings. The van der Waals surface area contributed by atoms with Crippen molar-refractivity contribution in [3.8, 4) is 5.75 Å². The van der Waals surface area contributed by atoms with E-state index in [0.29, 0.717) is 0 Å². The molecule has 0 saturated heterocycles. The molecule has 1 rings (SSSR count). The van der Waals surface area contributed by atoms with Crippen LogP contribution < -0.4 is 4.74 Å². The molecular weight excluding hydrogens is 168 g/mol. The lowest BCUT2D eigenvalue weighted by atomic mass is 10.4. The first kappa shape index (κ1) is 7.63. The molecule has 0 spiro atoms. The zero-order valence-electron chi connectivity index (χ0n) is 5.50. The monoisotopic (exact) mass is 174 g/mol. The van der Waals surface area contributed by atoms with E-state index < -0.39 is 0 Å². The lowest BCUT2D eigenvalue weighted by molar-refractivity contribution is 0.416. The smallest absolute Gasteiger partial charge is 0.136 e. The van der Waals surface area contributed by atoms with Crippen molar-refractivity contribution in [2.24, 2.45) is 0 Å². The highest BCUT2D eigenvalue weighted by atomic mass is 35.5. The van der Waals surface area contributed by atoms with E-state index in [2.05, 4.69) is 0 Å². The second-order valence-corrected chi connectivity index (χ2v) is 2.85. The van der Waals surface area contributed by atoms with Gasteiger partial charge in [0, 0.05) is 5.54 Å². The molecule has 1 aromatic rings. The molecule has 0 N–H and O–H groups in total. The zero-order valence-corrected chi connectivity index (χ0v) is 7.08. The summed E-state index contributed by atoms with van der Waals surface area (Å²) in [6.07, 6.45) is 1.81. The summed E-state index contributed by atoms with van der Waals surface area (Å²) in [6.45, 7) is 0. The molecule has 0 aromatic carbocycles. The fourth-order valence-corrected chi connectivity index (χ4v) is 1.61. The van der Waals surface area contributed by atoms with Crippen LogP contribution in [0.3, 0.4) is 0 Å². The predicted octanol–water partition coefficient (Wildman–Crippen LogP) is 2.97. The normalized spacial score (nSPS) is 10.6. The molecule has 10 heavy (non-hydrogen) atoms. The molecule has 0 radical (unpaired) electrons. The highest BCUT2D eigenvalue weighted by molar-refractivity contribution is 7.11. The van der Waals surface area contributed by atoms with Gasteiger partial charge in [0.25, 0.3) is 0 Å². The van der Waals surface area contributed by atoms with Gasteiger partial charge in [-0.1, -0.05) is 11.6 Å². The second-order valence-electron chi connectivity index (χ2n) is 1.65. The van der Waals surface area contributed by atoms with E-state index >= 15 is 0 Å². The third-order valence-corrected chi connectivity index (χ3v) is 2.08. The summed E-state index contributed by atoms with van der Waals surface area (Å²) in [6, 6.07) is 1.91. The molecule has 0 unspecified atom stereocenters. The van der Waals surface area contributed by atoms with Crippen LogP contribution in [0.4, 0.5) is 0 Å². The van der Waals surface area contributed by atoms with Gasteiger partial charge in [0.2, 0.25) is 0 Å². The summed E-state index contributed by atoms with van der Waals surface area (Å²) in [7, 11) is 1.65. The van der Waals surface area contributed by atoms with Crippen LogP contribution in [0.25, 0.3) is 6.08 Å². The van der Waals surface area contributed by atoms with Crippen LogP contribution >= 0.6 is 22.9 Å². The molecule has 54 valence electrons. The van der Waals surface area contributed by atoms with Crippen molar-refractivity contribution in [2.45, 2.75) is 0 Å². The number of hydrogen-bond donors (Lipinski definition) is 0. The Morgan fingerprint density at radius 2 is 2.50 bits per heavy atom. The average molecular weight is 175 g/mol. The molecule has 3 heteroatoms. The van der Waals surface area contributed by atoms with Crippen molar-refractivity contribution in [1.82, 2.24) is 0 Å². The van der Waals surface area contributed by atoms with Gasteiger partial charge in [0.15, 0.2) is 0 Å². The van der Waals surface area contributed by atoms with Crippen molar-refractivity contribution in [1.29, 1.82) is 0 Å². The number of methoxy groups -OCH3 is 1. The third-order valence-electron chi connectivity index (χ3n) is 1.09. The number of thiophene rings is 1. The lowest BCUT2D eigenvalue weighted by Crippen LogP contribution is -1.79. The number of rotatable bonds is 2. The first-order valence-electron chi connectivity index (χ1n) is 2.76. The molecular formula is C7H7ClOS. The molecule has 0 aliphatic carbocycles. The van der Waals surface area contributed by atoms with Gasteiger partial charge in [-0.25, -0.2) is 0 Å². The molecule has 0 aliphatic heterocycles. The third kappa shape index (κ3) is 1.52. The fraction of sp³-hybridized carbons (Fsp3) is 0.143. The first-order valence-corrected chi connectivity index (χ1v) is 4.08. The summed E-state index contributed by atoms with van der Waals surface area (Å²) in [4.78, 5) is 1.05. The van der Waals surface area contributed by atoms with Crippen molar-refractivity contribution in [3.63, 3.8) is 0 Å². The van der Waals surface area contributed by atoms with Crippen LogP contribution in [0.1, 0.15) is 4.88 Å². The summed E-state index contributed by atoms with van der Waals surface area (Å²) >= 11 is 6.99. The first-order chi connectivity index (χ1) is 4.88. The summed E-state index contributed by atoms with van der Waals surface area (Å²) in [5, 5.41) is 1.96. The van der Waals surface area contributed by atoms with Gasteiger partial charge < -0.3 is 4.74 Å². The van der Waals surface area contributed by atoms with E-state index in [1.165, 1.54) is 5.54 Å². The van der Waals surface area contributed by atoms with Gasteiger partial charge in [0.1, 0.15) is 5.75 Å². The van der Waals surface area contributed by atoms with Crippen LogP contribution in [0.5, 0.6) is 5.75 Å². The Balaban J connectivity index is 2.90. The Morgan fingerprint density at radius 3 is 3.10 bits per heavy atom. The zero-order chi connectivity index (χ0) is 7.40. The second kappa shape index (κ2) is 3.64. The highest BCUT2D eigenvalue weighted by Gasteiger charge is 1.97. The molecule has 1 aromatic heterocycles. The van der Waals surface area contributed by atoms with Crippen molar-refractivity contribution < 1.29 is 4.74 Å². The largest absolute Gasteiger partial charge is 0.495 e. The van der Waals surface area contributed by atoms with Gasteiger partial charge >= 0.3 is 0 Å². The Labute approximate surface area is 68.9 Å². The molecule has 0 bridgehead atoms. The maximum absolute atomic E-state index is 5.39. The van der Waals surface area contributed by atoms with Gasteiger partial charge in [-0.15, -0.1) is 11.3 Å². The van der Waals surface area contributed by atoms with E-state index in [0.717, 1.165) is 10.6 Å². The van der Waals surface area contributed by atoms with Crippen LogP contribution in [0.2, 0.25) is 0 Å². The maximum Gasteiger partial charge on any atom is 0.136 e. The molecule has 1 nitrogen and oxygen atoms in total. The van der Waals surface area contributed by atoms with Crippen LogP contribution in [-0.4, -0.2) is 7.11 Å². The van der Waals surface area contributed by atoms with Gasteiger partial charge in [0.05, 0.1) is 12.0 Å². The number of halogens is 1. The predicted molar refractivity (Wildman–Crippen MR) is 45.8 cm³/mol. The Kier molecular flexibility index (Phi) is 2.78. The molecule has 0 atom stereocenters. The number of hydrogen-bond acceptors (Lipinski definition) is 2. The number of ether oxygens (including phenoxy) is 1. The molecule has 0 saturated carbocycles. The summed E-state index contributed by atoms with van der Waals surface area (Å²) < 4.78 is 5.04. The van der Waals surface area contributed by atoms with Crippen molar-refractivity contribution >= 4 is 29.0 Å². The van der Waals surface area contributed by atoms with Gasteiger partial charge in [-0.3, -0.25) is 0 Å². The van der Waals surface area contributed by atoms with Gasteiger partial charge in [-0.2, -0.15) is 0 Å². The average Bonchev–Trinajstić information content (AvgIpc) is 2.36. The Bertz CT molecular complexity index is 229. The molecule has 0 amide bonds. The van der Waals surface area contributed by atoms with E-state index in [4.69, 9.17) is 16.3 Å². The van der Waals surface area contributed by atoms with Crippen LogP contribution in [0, 0.1) is 0 Å². The maximum atomic E-state index is 5.39. The lowest BCUT2D eigenvalue weighted by Gasteiger charge is -1.94. The van der Waals surface area contributed by atoms with E-state index in [-0.39, 0.29) is 0 Å². The van der Waals surface area contributed by atoms with E-state index in [1.54, 1.807) is 18.4 Å². The van der Waals surface area contributed by atoms with Crippen LogP contribution in [0.15, 0.2) is 17.0 Å². The van der Waals surface area contributed by atoms with Crippen LogP contribution in [-0.2, 0) is 0 Å². The summed E-state index contributed by atoms with van der Waals surface area (Å²) in [5.74, 6) is 0.877. The summed E-state index contributed by atoms with van der Waals surface area (Å²) in [5.41, 5.74) is 1.48. The topological polar surface area (TPSA) is 9.23 Å². The quantitative estimate of drug-likeness (QED) is 0.670. The standard InChI is InChI=1S/C7H7ClOS/c1-9-6-3-5-10-7(6)2-4-8/h2-5H,1H3/b4-2+. The van der Waals surface area contributed by atoms with Crippen molar-refractivity contribution in [3.05, 3.63) is 21.9 Å². The Morgan fingerprint density at radius 1 is 1.70 bits per heavy atom. The minimum Gasteiger partial charge on any atom is -0.495 e. The van der Waals surface area contributed by atoms with Crippen molar-refractivity contribution in [2.75, 3.05) is 7.11 Å². The molecule has 0 fully saturated rings. The minimum atomic E-state index is 0.877. The van der Waals surface area contributed by atoms with Gasteiger partial charge in [-0.05, 0) is 17.5 Å².